The first-order chi connectivity index (χ1) is 12.5. The standard InChI is InChI=1S/C16H14N4O4S2/c21-16-15-12(5-8-25-15)17-10-20(16)7-6-18-26(22,23)9-13-11-3-1-2-4-14(11)24-19-13/h1-5,8,10,18H,6-7,9H2. The van der Waals surface area contributed by atoms with E-state index in [4.69, 9.17) is 4.52 Å². The van der Waals surface area contributed by atoms with Gasteiger partial charge in [-0.05, 0) is 23.6 Å². The third-order valence-corrected chi connectivity index (χ3v) is 6.08. The van der Waals surface area contributed by atoms with Crippen LogP contribution in [0.5, 0.6) is 0 Å². The number of thiophene rings is 1. The van der Waals surface area contributed by atoms with Crippen molar-refractivity contribution in [3.8, 4) is 0 Å². The van der Waals surface area contributed by atoms with Gasteiger partial charge < -0.3 is 4.52 Å². The molecule has 0 spiro atoms. The number of benzene rings is 1. The average Bonchev–Trinajstić information content (AvgIpc) is 3.24. The van der Waals surface area contributed by atoms with E-state index in [2.05, 4.69) is 14.9 Å². The Morgan fingerprint density at radius 3 is 2.96 bits per heavy atom. The van der Waals surface area contributed by atoms with Gasteiger partial charge in [-0.3, -0.25) is 9.36 Å². The molecular formula is C16H14N4O4S2. The largest absolute Gasteiger partial charge is 0.356 e. The minimum Gasteiger partial charge on any atom is -0.356 e. The fourth-order valence-corrected chi connectivity index (χ4v) is 4.50. The first-order valence-corrected chi connectivity index (χ1v) is 10.3. The summed E-state index contributed by atoms with van der Waals surface area (Å²) in [5.74, 6) is -0.291. The molecule has 0 aliphatic rings. The molecule has 8 nitrogen and oxygen atoms in total. The van der Waals surface area contributed by atoms with Crippen LogP contribution in [0.1, 0.15) is 5.69 Å². The van der Waals surface area contributed by atoms with Crippen molar-refractivity contribution in [2.45, 2.75) is 12.3 Å². The molecule has 4 aromatic rings. The van der Waals surface area contributed by atoms with E-state index in [0.717, 1.165) is 0 Å². The lowest BCUT2D eigenvalue weighted by Gasteiger charge is -2.07. The van der Waals surface area contributed by atoms with E-state index in [1.807, 2.05) is 0 Å². The summed E-state index contributed by atoms with van der Waals surface area (Å²) >= 11 is 1.32. The summed E-state index contributed by atoms with van der Waals surface area (Å²) in [6.07, 6.45) is 1.43. The third-order valence-electron chi connectivity index (χ3n) is 3.89. The summed E-state index contributed by atoms with van der Waals surface area (Å²) in [5.41, 5.74) is 1.37. The molecule has 3 heterocycles. The molecule has 0 aliphatic heterocycles. The highest BCUT2D eigenvalue weighted by molar-refractivity contribution is 7.88. The molecule has 3 aromatic heterocycles. The van der Waals surface area contributed by atoms with Crippen molar-refractivity contribution in [2.75, 3.05) is 6.54 Å². The number of sulfonamides is 1. The first kappa shape index (κ1) is 16.9. The summed E-state index contributed by atoms with van der Waals surface area (Å²) in [7, 11) is -3.62. The fraction of sp³-hybridized carbons (Fsp3) is 0.188. The highest BCUT2D eigenvalue weighted by Crippen LogP contribution is 2.19. The van der Waals surface area contributed by atoms with Crippen molar-refractivity contribution in [3.05, 3.63) is 58.1 Å². The number of nitrogens with one attached hydrogen (secondary N) is 1. The van der Waals surface area contributed by atoms with Gasteiger partial charge in [0.1, 0.15) is 16.1 Å². The highest BCUT2D eigenvalue weighted by atomic mass is 32.2. The SMILES string of the molecule is O=c1c2sccc2ncn1CCNS(=O)(=O)Cc1noc2ccccc12. The van der Waals surface area contributed by atoms with Gasteiger partial charge in [0.05, 0.1) is 11.8 Å². The predicted octanol–water partition coefficient (Wildman–Crippen LogP) is 1.72. The Bertz CT molecular complexity index is 1240. The summed E-state index contributed by atoms with van der Waals surface area (Å²) < 4.78 is 34.2. The molecule has 10 heteroatoms. The molecule has 26 heavy (non-hydrogen) atoms. The van der Waals surface area contributed by atoms with Gasteiger partial charge in [-0.1, -0.05) is 17.3 Å². The van der Waals surface area contributed by atoms with Gasteiger partial charge in [0.25, 0.3) is 5.56 Å². The number of fused-ring (bicyclic) bond motifs is 2. The first-order valence-electron chi connectivity index (χ1n) is 7.77. The van der Waals surface area contributed by atoms with Crippen molar-refractivity contribution >= 4 is 42.5 Å². The Morgan fingerprint density at radius 1 is 1.23 bits per heavy atom. The lowest BCUT2D eigenvalue weighted by molar-refractivity contribution is 0.448. The quantitative estimate of drug-likeness (QED) is 0.537. The summed E-state index contributed by atoms with van der Waals surface area (Å²) in [5, 5.41) is 6.30. The van der Waals surface area contributed by atoms with Crippen LogP contribution in [-0.4, -0.2) is 29.7 Å². The second-order valence-electron chi connectivity index (χ2n) is 5.66. The molecule has 0 fully saturated rings. The molecule has 0 saturated heterocycles. The molecule has 0 saturated carbocycles. The Kier molecular flexibility index (Phi) is 4.31. The zero-order valence-corrected chi connectivity index (χ0v) is 15.1. The molecular weight excluding hydrogens is 376 g/mol. The summed E-state index contributed by atoms with van der Waals surface area (Å²) in [4.78, 5) is 16.5. The molecule has 0 atom stereocenters. The normalized spacial score (nSPS) is 12.2. The minimum absolute atomic E-state index is 0.0799. The van der Waals surface area contributed by atoms with Crippen LogP contribution in [0.2, 0.25) is 0 Å². The van der Waals surface area contributed by atoms with Gasteiger partial charge in [0.2, 0.25) is 10.0 Å². The van der Waals surface area contributed by atoms with E-state index in [1.54, 1.807) is 35.7 Å². The Hall–Kier alpha value is -2.56. The van der Waals surface area contributed by atoms with Gasteiger partial charge >= 0.3 is 0 Å². The van der Waals surface area contributed by atoms with Crippen molar-refractivity contribution in [1.82, 2.24) is 19.4 Å². The Labute approximate surface area is 152 Å². The van der Waals surface area contributed by atoms with Gasteiger partial charge in [-0.2, -0.15) is 0 Å². The van der Waals surface area contributed by atoms with Crippen LogP contribution < -0.4 is 10.3 Å². The average molecular weight is 390 g/mol. The number of para-hydroxylation sites is 1. The van der Waals surface area contributed by atoms with E-state index >= 15 is 0 Å². The van der Waals surface area contributed by atoms with Crippen LogP contribution in [0.15, 0.2) is 51.4 Å². The zero-order valence-electron chi connectivity index (χ0n) is 13.5. The summed E-state index contributed by atoms with van der Waals surface area (Å²) in [6, 6.07) is 8.85. The van der Waals surface area contributed by atoms with Crippen molar-refractivity contribution in [1.29, 1.82) is 0 Å². The Morgan fingerprint density at radius 2 is 2.08 bits per heavy atom. The molecule has 0 aliphatic carbocycles. The van der Waals surface area contributed by atoms with E-state index < -0.39 is 10.0 Å². The molecule has 1 aromatic carbocycles. The van der Waals surface area contributed by atoms with E-state index in [0.29, 0.717) is 26.9 Å². The monoisotopic (exact) mass is 390 g/mol. The topological polar surface area (TPSA) is 107 Å². The maximum atomic E-state index is 12.3. The maximum Gasteiger partial charge on any atom is 0.271 e. The van der Waals surface area contributed by atoms with Gasteiger partial charge in [-0.15, -0.1) is 11.3 Å². The lowest BCUT2D eigenvalue weighted by atomic mass is 10.2. The molecule has 4 rings (SSSR count). The van der Waals surface area contributed by atoms with Crippen LogP contribution in [0.3, 0.4) is 0 Å². The lowest BCUT2D eigenvalue weighted by Crippen LogP contribution is -2.31. The number of hydrogen-bond acceptors (Lipinski definition) is 7. The van der Waals surface area contributed by atoms with Crippen molar-refractivity contribution < 1.29 is 12.9 Å². The van der Waals surface area contributed by atoms with Crippen LogP contribution in [-0.2, 0) is 22.3 Å². The molecule has 134 valence electrons. The van der Waals surface area contributed by atoms with Crippen molar-refractivity contribution in [2.24, 2.45) is 0 Å². The van der Waals surface area contributed by atoms with Gasteiger partial charge in [0, 0.05) is 18.5 Å². The number of nitrogens with zero attached hydrogens (tertiary/aromatic N) is 3. The van der Waals surface area contributed by atoms with E-state index in [-0.39, 0.29) is 24.4 Å². The number of hydrogen-bond donors (Lipinski definition) is 1. The molecule has 0 unspecified atom stereocenters. The molecule has 0 bridgehead atoms. The van der Waals surface area contributed by atoms with E-state index in [9.17, 15) is 13.2 Å². The maximum absolute atomic E-state index is 12.3. The van der Waals surface area contributed by atoms with E-state index in [1.165, 1.54) is 22.2 Å². The summed E-state index contributed by atoms with van der Waals surface area (Å²) in [6.45, 7) is 0.273. The second-order valence-corrected chi connectivity index (χ2v) is 8.38. The zero-order chi connectivity index (χ0) is 18.1. The number of aromatic nitrogens is 3. The molecule has 1 N–H and O–H groups in total. The molecule has 0 amide bonds. The van der Waals surface area contributed by atoms with Crippen LogP contribution in [0.4, 0.5) is 0 Å². The van der Waals surface area contributed by atoms with Crippen LogP contribution in [0.25, 0.3) is 21.2 Å². The highest BCUT2D eigenvalue weighted by Gasteiger charge is 2.17. The van der Waals surface area contributed by atoms with Crippen LogP contribution >= 0.6 is 11.3 Å². The van der Waals surface area contributed by atoms with Gasteiger partial charge in [0.15, 0.2) is 5.58 Å². The smallest absolute Gasteiger partial charge is 0.271 e. The molecule has 0 radical (unpaired) electrons. The predicted molar refractivity (Wildman–Crippen MR) is 98.5 cm³/mol. The van der Waals surface area contributed by atoms with Gasteiger partial charge in [-0.25, -0.2) is 18.1 Å². The Balaban J connectivity index is 1.44. The third kappa shape index (κ3) is 3.26. The fourth-order valence-electron chi connectivity index (χ4n) is 2.63. The van der Waals surface area contributed by atoms with Crippen molar-refractivity contribution in [3.63, 3.8) is 0 Å². The second kappa shape index (κ2) is 6.63. The van der Waals surface area contributed by atoms with Crippen LogP contribution in [0, 0.1) is 0 Å². The number of rotatable bonds is 6. The minimum atomic E-state index is -3.62.